The van der Waals surface area contributed by atoms with E-state index < -0.39 is 11.7 Å². The quantitative estimate of drug-likeness (QED) is 0.537. The summed E-state index contributed by atoms with van der Waals surface area (Å²) in [6.07, 6.45) is 2.43. The Bertz CT molecular complexity index is 1190. The van der Waals surface area contributed by atoms with Crippen molar-refractivity contribution in [2.75, 3.05) is 18.5 Å². The summed E-state index contributed by atoms with van der Waals surface area (Å²) < 4.78 is 22.0. The number of aliphatic hydroxyl groups excluding tert-OH is 1. The van der Waals surface area contributed by atoms with Crippen LogP contribution in [-0.4, -0.2) is 39.8 Å². The van der Waals surface area contributed by atoms with Gasteiger partial charge >= 0.3 is 0 Å². The summed E-state index contributed by atoms with van der Waals surface area (Å²) in [5.41, 5.74) is 2.04. The molecule has 168 valence electrons. The second-order valence-electron chi connectivity index (χ2n) is 7.85. The Morgan fingerprint density at radius 2 is 2.16 bits per heavy atom. The molecule has 0 unspecified atom stereocenters. The smallest absolute Gasteiger partial charge is 0.262 e. The number of benzene rings is 2. The van der Waals surface area contributed by atoms with E-state index in [2.05, 4.69) is 15.6 Å². The van der Waals surface area contributed by atoms with Crippen LogP contribution in [-0.2, 0) is 11.3 Å². The minimum Gasteiger partial charge on any atom is -0.511 e. The van der Waals surface area contributed by atoms with Gasteiger partial charge in [0.2, 0.25) is 0 Å². The first kappa shape index (κ1) is 22.1. The topological polar surface area (TPSA) is 88.4 Å². The second-order valence-corrected chi connectivity index (χ2v) is 7.85. The molecular weight excluding hydrogens is 435 g/mol. The van der Waals surface area contributed by atoms with Gasteiger partial charge in [0.05, 0.1) is 11.0 Å². The van der Waals surface area contributed by atoms with Crippen LogP contribution in [0.25, 0.3) is 16.6 Å². The van der Waals surface area contributed by atoms with Gasteiger partial charge in [-0.3, -0.25) is 4.79 Å². The Hall–Kier alpha value is -3.10. The molecule has 0 radical (unpaired) electrons. The van der Waals surface area contributed by atoms with Crippen LogP contribution in [0.5, 0.6) is 5.75 Å². The summed E-state index contributed by atoms with van der Waals surface area (Å²) >= 11 is 0. The van der Waals surface area contributed by atoms with Gasteiger partial charge in [0.25, 0.3) is 5.91 Å². The number of aromatic nitrogens is 2. The average molecular weight is 459 g/mol. The number of aliphatic hydroxyl groups is 1. The van der Waals surface area contributed by atoms with Crippen molar-refractivity contribution < 1.29 is 19.0 Å². The van der Waals surface area contributed by atoms with E-state index in [0.717, 1.165) is 30.4 Å². The molecule has 1 atom stereocenters. The highest BCUT2D eigenvalue weighted by molar-refractivity contribution is 6.25. The maximum atomic E-state index is 14.5. The minimum absolute atomic E-state index is 0. The van der Waals surface area contributed by atoms with Crippen molar-refractivity contribution in [1.29, 1.82) is 0 Å². The van der Waals surface area contributed by atoms with Gasteiger partial charge in [0.1, 0.15) is 23.8 Å². The molecule has 0 spiro atoms. The SMILES string of the molecule is Cl.O=C(Nc1ccc(OC[C@@H]2CCCN2)c(F)c1)C1=C(O)CCn2c1nc1ccccc12. The zero-order chi connectivity index (χ0) is 21.4. The predicted octanol–water partition coefficient (Wildman–Crippen LogP) is 4.04. The van der Waals surface area contributed by atoms with E-state index in [-0.39, 0.29) is 41.2 Å². The number of nitrogens with one attached hydrogen (secondary N) is 2. The third kappa shape index (κ3) is 4.16. The van der Waals surface area contributed by atoms with Crippen LogP contribution in [0, 0.1) is 5.82 Å². The molecular formula is C23H24ClFN4O3. The summed E-state index contributed by atoms with van der Waals surface area (Å²) in [6, 6.07) is 12.1. The number of halogens is 2. The standard InChI is InChI=1S/C23H23FN4O3.ClH/c24-16-12-14(7-8-20(16)31-13-15-4-3-10-25-15)26-23(30)21-19(29)9-11-28-18-6-2-1-5-17(18)27-22(21)28;/h1-2,5-8,12,15,25,29H,3-4,9-11,13H2,(H,26,30);1H/t15-;/m0./s1. The largest absolute Gasteiger partial charge is 0.511 e. The molecule has 2 aromatic carbocycles. The molecule has 0 bridgehead atoms. The minimum atomic E-state index is -0.551. The molecule has 2 aliphatic rings. The summed E-state index contributed by atoms with van der Waals surface area (Å²) in [5.74, 6) is -0.549. The lowest BCUT2D eigenvalue weighted by Gasteiger charge is -2.19. The van der Waals surface area contributed by atoms with Gasteiger partial charge in [-0.05, 0) is 43.7 Å². The molecule has 1 aromatic heterocycles. The first-order valence-electron chi connectivity index (χ1n) is 10.4. The number of rotatable bonds is 5. The van der Waals surface area contributed by atoms with Gasteiger partial charge in [-0.1, -0.05) is 12.1 Å². The molecule has 1 fully saturated rings. The van der Waals surface area contributed by atoms with Crippen LogP contribution >= 0.6 is 12.4 Å². The summed E-state index contributed by atoms with van der Waals surface area (Å²) in [4.78, 5) is 17.5. The summed E-state index contributed by atoms with van der Waals surface area (Å²) in [5, 5.41) is 16.4. The molecule has 3 heterocycles. The van der Waals surface area contributed by atoms with Gasteiger partial charge in [0, 0.05) is 30.8 Å². The van der Waals surface area contributed by atoms with Crippen molar-refractivity contribution in [3.05, 3.63) is 59.9 Å². The molecule has 1 amide bonds. The number of allylic oxidation sites excluding steroid dienone is 1. The lowest BCUT2D eigenvalue weighted by atomic mass is 10.1. The van der Waals surface area contributed by atoms with E-state index in [4.69, 9.17) is 4.74 Å². The predicted molar refractivity (Wildman–Crippen MR) is 123 cm³/mol. The fourth-order valence-corrected chi connectivity index (χ4v) is 4.18. The molecule has 1 saturated heterocycles. The summed E-state index contributed by atoms with van der Waals surface area (Å²) in [7, 11) is 0. The first-order chi connectivity index (χ1) is 15.1. The number of amides is 1. The van der Waals surface area contributed by atoms with Crippen molar-refractivity contribution in [2.24, 2.45) is 0 Å². The van der Waals surface area contributed by atoms with Crippen LogP contribution in [0.3, 0.4) is 0 Å². The van der Waals surface area contributed by atoms with E-state index in [9.17, 15) is 14.3 Å². The van der Waals surface area contributed by atoms with Crippen molar-refractivity contribution in [3.63, 3.8) is 0 Å². The molecule has 9 heteroatoms. The number of aryl methyl sites for hydroxylation is 1. The zero-order valence-corrected chi connectivity index (χ0v) is 18.1. The first-order valence-corrected chi connectivity index (χ1v) is 10.4. The van der Waals surface area contributed by atoms with E-state index in [1.807, 2.05) is 28.8 Å². The molecule has 3 aromatic rings. The third-order valence-electron chi connectivity index (χ3n) is 5.76. The number of hydrogen-bond acceptors (Lipinski definition) is 5. The van der Waals surface area contributed by atoms with E-state index in [1.54, 1.807) is 6.07 Å². The highest BCUT2D eigenvalue weighted by Crippen LogP contribution is 2.31. The maximum absolute atomic E-state index is 14.5. The lowest BCUT2D eigenvalue weighted by Crippen LogP contribution is -2.28. The number of hydrogen-bond donors (Lipinski definition) is 3. The number of para-hydroxylation sites is 2. The molecule has 0 aliphatic carbocycles. The van der Waals surface area contributed by atoms with Gasteiger partial charge in [-0.15, -0.1) is 12.4 Å². The molecule has 5 rings (SSSR count). The molecule has 7 nitrogen and oxygen atoms in total. The normalized spacial score (nSPS) is 17.7. The van der Waals surface area contributed by atoms with Crippen molar-refractivity contribution in [2.45, 2.75) is 31.8 Å². The van der Waals surface area contributed by atoms with E-state index in [0.29, 0.717) is 25.4 Å². The van der Waals surface area contributed by atoms with Crippen LogP contribution in [0.4, 0.5) is 10.1 Å². The molecule has 0 saturated carbocycles. The molecule has 3 N–H and O–H groups in total. The number of carbonyl (C=O) groups excluding carboxylic acids is 1. The van der Waals surface area contributed by atoms with Crippen LogP contribution in [0.1, 0.15) is 25.1 Å². The van der Waals surface area contributed by atoms with Crippen molar-refractivity contribution >= 4 is 40.6 Å². The van der Waals surface area contributed by atoms with Gasteiger partial charge in [0.15, 0.2) is 11.6 Å². The van der Waals surface area contributed by atoms with Gasteiger partial charge < -0.3 is 25.0 Å². The highest BCUT2D eigenvalue weighted by Gasteiger charge is 2.28. The third-order valence-corrected chi connectivity index (χ3v) is 5.76. The molecule has 2 aliphatic heterocycles. The average Bonchev–Trinajstić information content (AvgIpc) is 3.40. The van der Waals surface area contributed by atoms with Crippen LogP contribution in [0.2, 0.25) is 0 Å². The van der Waals surface area contributed by atoms with Crippen molar-refractivity contribution in [3.8, 4) is 5.75 Å². The Labute approximate surface area is 190 Å². The van der Waals surface area contributed by atoms with Crippen molar-refractivity contribution in [1.82, 2.24) is 14.9 Å². The highest BCUT2D eigenvalue weighted by atomic mass is 35.5. The number of ether oxygens (including phenoxy) is 1. The van der Waals surface area contributed by atoms with Gasteiger partial charge in [-0.25, -0.2) is 9.37 Å². The Morgan fingerprint density at radius 3 is 2.94 bits per heavy atom. The van der Waals surface area contributed by atoms with Crippen LogP contribution in [0.15, 0.2) is 48.2 Å². The number of imidazole rings is 1. The Balaban J connectivity index is 0.00000245. The fourth-order valence-electron chi connectivity index (χ4n) is 4.18. The molecule has 32 heavy (non-hydrogen) atoms. The summed E-state index contributed by atoms with van der Waals surface area (Å²) in [6.45, 7) is 1.90. The Morgan fingerprint density at radius 1 is 1.31 bits per heavy atom. The van der Waals surface area contributed by atoms with E-state index in [1.165, 1.54) is 12.1 Å². The number of anilines is 1. The van der Waals surface area contributed by atoms with E-state index >= 15 is 0 Å². The maximum Gasteiger partial charge on any atom is 0.262 e. The number of fused-ring (bicyclic) bond motifs is 3. The monoisotopic (exact) mass is 458 g/mol. The number of nitrogens with zero attached hydrogens (tertiary/aromatic N) is 2. The fraction of sp³-hybridized carbons (Fsp3) is 0.304. The van der Waals surface area contributed by atoms with Crippen LogP contribution < -0.4 is 15.4 Å². The van der Waals surface area contributed by atoms with Gasteiger partial charge in [-0.2, -0.15) is 0 Å². The number of carbonyl (C=O) groups is 1. The lowest BCUT2D eigenvalue weighted by molar-refractivity contribution is -0.111. The second kappa shape index (κ2) is 9.18. The zero-order valence-electron chi connectivity index (χ0n) is 17.3. The Kier molecular flexibility index (Phi) is 6.34.